The van der Waals surface area contributed by atoms with Crippen LogP contribution in [0.3, 0.4) is 0 Å². The van der Waals surface area contributed by atoms with Crippen molar-refractivity contribution in [3.63, 3.8) is 0 Å². The number of thioether (sulfide) groups is 1. The molecule has 0 spiro atoms. The summed E-state index contributed by atoms with van der Waals surface area (Å²) in [5.74, 6) is -3.04. The van der Waals surface area contributed by atoms with E-state index in [0.717, 1.165) is 0 Å². The molecule has 5 nitrogen and oxygen atoms in total. The number of para-hydroxylation sites is 1. The van der Waals surface area contributed by atoms with Crippen molar-refractivity contribution in [3.05, 3.63) is 24.3 Å². The molecule has 0 heterocycles. The van der Waals surface area contributed by atoms with Crippen LogP contribution in [0, 0.1) is 0 Å². The summed E-state index contributed by atoms with van der Waals surface area (Å²) in [4.78, 5) is 24.9. The molecule has 0 aliphatic rings. The molecule has 3 N–H and O–H groups in total. The van der Waals surface area contributed by atoms with E-state index in [0.29, 0.717) is 27.2 Å². The molecule has 0 saturated heterocycles. The largest absolute Gasteiger partial charge is 0.347 e. The van der Waals surface area contributed by atoms with Crippen molar-refractivity contribution in [1.82, 2.24) is 5.32 Å². The van der Waals surface area contributed by atoms with Gasteiger partial charge in [0.05, 0.1) is 12.7 Å². The number of hydrogen-bond acceptors (Lipinski definition) is 3. The Bertz CT molecular complexity index is 577. The second-order valence-corrected chi connectivity index (χ2v) is 7.56. The molecule has 0 radical (unpaired) electrons. The summed E-state index contributed by atoms with van der Waals surface area (Å²) in [5, 5.41) is 5.45. The molecule has 0 aromatic heterocycles. The number of carbonyl (C=O) groups is 2. The number of carbonyl (C=O) groups excluding carboxylic acids is 2. The van der Waals surface area contributed by atoms with Gasteiger partial charge >= 0.3 is 0 Å². The van der Waals surface area contributed by atoms with Crippen LogP contribution in [0.2, 0.25) is 0 Å². The number of benzene rings is 1. The third kappa shape index (κ3) is 8.26. The standard InChI is InChI=1S/C16H23F2N3O2S/c1-16(2,3)20-14(23)10-21(4)9-13(22)19-11-7-5-6-8-12(11)24-15(17)18/h5-8,15H,9-10H2,1-4H3,(H,19,22)(H,20,23)/p+1. The Hall–Kier alpha value is -1.67. The fourth-order valence-electron chi connectivity index (χ4n) is 2.04. The number of anilines is 1. The molecule has 1 unspecified atom stereocenters. The third-order valence-electron chi connectivity index (χ3n) is 2.82. The molecule has 1 rings (SSSR count). The van der Waals surface area contributed by atoms with Crippen LogP contribution in [0.5, 0.6) is 0 Å². The molecule has 1 atom stereocenters. The summed E-state index contributed by atoms with van der Waals surface area (Å²) >= 11 is 0.384. The van der Waals surface area contributed by atoms with Crippen LogP contribution < -0.4 is 15.5 Å². The lowest BCUT2D eigenvalue weighted by atomic mass is 10.1. The molecule has 0 bridgehead atoms. The molecular weight excluding hydrogens is 336 g/mol. The monoisotopic (exact) mass is 360 g/mol. The van der Waals surface area contributed by atoms with Gasteiger partial charge in [0.2, 0.25) is 0 Å². The Balaban J connectivity index is 2.56. The highest BCUT2D eigenvalue weighted by atomic mass is 32.2. The molecular formula is C16H24F2N3O2S+. The van der Waals surface area contributed by atoms with Gasteiger partial charge in [-0.2, -0.15) is 8.78 Å². The van der Waals surface area contributed by atoms with E-state index in [9.17, 15) is 18.4 Å². The lowest BCUT2D eigenvalue weighted by Gasteiger charge is -2.21. The Labute approximate surface area is 145 Å². The number of rotatable bonds is 7. The second kappa shape index (κ2) is 8.98. The lowest BCUT2D eigenvalue weighted by Crippen LogP contribution is -3.11. The number of hydrogen-bond donors (Lipinski definition) is 3. The predicted molar refractivity (Wildman–Crippen MR) is 91.4 cm³/mol. The Morgan fingerprint density at radius 3 is 2.33 bits per heavy atom. The summed E-state index contributed by atoms with van der Waals surface area (Å²) < 4.78 is 25.1. The maximum absolute atomic E-state index is 12.5. The quantitative estimate of drug-likeness (QED) is 0.644. The van der Waals surface area contributed by atoms with Gasteiger partial charge in [0.25, 0.3) is 17.6 Å². The molecule has 0 aliphatic heterocycles. The van der Waals surface area contributed by atoms with E-state index >= 15 is 0 Å². The van der Waals surface area contributed by atoms with Gasteiger partial charge in [0, 0.05) is 10.4 Å². The topological polar surface area (TPSA) is 62.6 Å². The molecule has 0 saturated carbocycles. The number of likely N-dealkylation sites (N-methyl/N-ethyl adjacent to an activating group) is 1. The minimum Gasteiger partial charge on any atom is -0.347 e. The van der Waals surface area contributed by atoms with Crippen LogP contribution in [-0.4, -0.2) is 43.2 Å². The van der Waals surface area contributed by atoms with Crippen LogP contribution in [-0.2, 0) is 9.59 Å². The van der Waals surface area contributed by atoms with E-state index in [1.54, 1.807) is 25.2 Å². The third-order valence-corrected chi connectivity index (χ3v) is 3.60. The van der Waals surface area contributed by atoms with Crippen molar-refractivity contribution >= 4 is 29.3 Å². The highest BCUT2D eigenvalue weighted by molar-refractivity contribution is 7.99. The number of quaternary nitrogens is 1. The lowest BCUT2D eigenvalue weighted by molar-refractivity contribution is -0.862. The van der Waals surface area contributed by atoms with Crippen LogP contribution in [0.15, 0.2) is 29.2 Å². The fourth-order valence-corrected chi connectivity index (χ4v) is 2.63. The predicted octanol–water partition coefficient (Wildman–Crippen LogP) is 1.37. The first-order valence-corrected chi connectivity index (χ1v) is 8.41. The van der Waals surface area contributed by atoms with Crippen LogP contribution in [0.25, 0.3) is 0 Å². The van der Waals surface area contributed by atoms with Crippen LogP contribution in [0.1, 0.15) is 20.8 Å². The minimum absolute atomic E-state index is 0.0608. The van der Waals surface area contributed by atoms with Gasteiger partial charge in [0.1, 0.15) is 0 Å². The summed E-state index contributed by atoms with van der Waals surface area (Å²) in [6.45, 7) is 5.85. The number of alkyl halides is 2. The van der Waals surface area contributed by atoms with E-state index in [1.165, 1.54) is 6.07 Å². The molecule has 2 amide bonds. The van der Waals surface area contributed by atoms with E-state index in [2.05, 4.69) is 10.6 Å². The Morgan fingerprint density at radius 1 is 1.17 bits per heavy atom. The van der Waals surface area contributed by atoms with Gasteiger partial charge in [-0.05, 0) is 32.9 Å². The van der Waals surface area contributed by atoms with E-state index < -0.39 is 5.76 Å². The van der Waals surface area contributed by atoms with Gasteiger partial charge in [-0.1, -0.05) is 23.9 Å². The zero-order valence-electron chi connectivity index (χ0n) is 14.3. The van der Waals surface area contributed by atoms with Crippen molar-refractivity contribution < 1.29 is 23.3 Å². The van der Waals surface area contributed by atoms with E-state index in [4.69, 9.17) is 0 Å². The first-order valence-electron chi connectivity index (χ1n) is 7.53. The second-order valence-electron chi connectivity index (χ2n) is 6.53. The van der Waals surface area contributed by atoms with Crippen molar-refractivity contribution in [2.45, 2.75) is 37.0 Å². The van der Waals surface area contributed by atoms with Crippen molar-refractivity contribution in [1.29, 1.82) is 0 Å². The normalized spacial score (nSPS) is 12.8. The smallest absolute Gasteiger partial charge is 0.288 e. The zero-order chi connectivity index (χ0) is 18.3. The van der Waals surface area contributed by atoms with Gasteiger partial charge < -0.3 is 15.5 Å². The van der Waals surface area contributed by atoms with Gasteiger partial charge in [-0.25, -0.2) is 0 Å². The molecule has 0 aliphatic carbocycles. The first-order chi connectivity index (χ1) is 11.1. The number of halogens is 2. The molecule has 134 valence electrons. The van der Waals surface area contributed by atoms with Gasteiger partial charge in [0.15, 0.2) is 13.1 Å². The van der Waals surface area contributed by atoms with Crippen LogP contribution in [0.4, 0.5) is 14.5 Å². The van der Waals surface area contributed by atoms with Crippen molar-refractivity contribution in [2.24, 2.45) is 0 Å². The average Bonchev–Trinajstić information content (AvgIpc) is 2.37. The summed E-state index contributed by atoms with van der Waals surface area (Å²) in [7, 11) is 1.72. The number of nitrogens with one attached hydrogen (secondary N) is 3. The summed E-state index contributed by atoms with van der Waals surface area (Å²) in [6.07, 6.45) is 0. The minimum atomic E-state index is -2.56. The van der Waals surface area contributed by atoms with Gasteiger partial charge in [-0.15, -0.1) is 0 Å². The van der Waals surface area contributed by atoms with Crippen molar-refractivity contribution in [3.8, 4) is 0 Å². The summed E-state index contributed by atoms with van der Waals surface area (Å²) in [6, 6.07) is 6.40. The highest BCUT2D eigenvalue weighted by Gasteiger charge is 2.19. The number of amides is 2. The SMILES string of the molecule is C[NH+](CC(=O)Nc1ccccc1SC(F)F)CC(=O)NC(C)(C)C. The highest BCUT2D eigenvalue weighted by Crippen LogP contribution is 2.31. The molecule has 1 aromatic rings. The first kappa shape index (κ1) is 20.4. The average molecular weight is 360 g/mol. The molecule has 1 aromatic carbocycles. The maximum atomic E-state index is 12.5. The van der Waals surface area contributed by atoms with E-state index in [1.807, 2.05) is 20.8 Å². The fraction of sp³-hybridized carbons (Fsp3) is 0.500. The Kier molecular flexibility index (Phi) is 7.62. The van der Waals surface area contributed by atoms with Crippen LogP contribution >= 0.6 is 11.8 Å². The zero-order valence-corrected chi connectivity index (χ0v) is 15.1. The Morgan fingerprint density at radius 2 is 1.75 bits per heavy atom. The summed E-state index contributed by atoms with van der Waals surface area (Å²) in [5.41, 5.74) is 0.0187. The maximum Gasteiger partial charge on any atom is 0.288 e. The molecule has 24 heavy (non-hydrogen) atoms. The van der Waals surface area contributed by atoms with Crippen molar-refractivity contribution in [2.75, 3.05) is 25.5 Å². The van der Waals surface area contributed by atoms with Gasteiger partial charge in [-0.3, -0.25) is 9.59 Å². The molecule has 0 fully saturated rings. The molecule has 8 heteroatoms. The van der Waals surface area contributed by atoms with E-state index in [-0.39, 0.29) is 30.4 Å².